The van der Waals surface area contributed by atoms with Gasteiger partial charge in [0.05, 0.1) is 16.9 Å². The molecule has 2 aliphatic heterocycles. The number of hydrogen-bond donors (Lipinski definition) is 2. The Labute approximate surface area is 202 Å². The van der Waals surface area contributed by atoms with Crippen molar-refractivity contribution in [3.05, 3.63) is 47.5 Å². The topological polar surface area (TPSA) is 77.8 Å². The molecule has 0 bridgehead atoms. The second kappa shape index (κ2) is 9.34. The van der Waals surface area contributed by atoms with Crippen LogP contribution in [0.5, 0.6) is 0 Å². The molecule has 1 saturated heterocycles. The van der Waals surface area contributed by atoms with Gasteiger partial charge in [-0.15, -0.1) is 12.4 Å². The number of piperazine rings is 1. The van der Waals surface area contributed by atoms with Crippen LogP contribution in [-0.2, 0) is 6.42 Å². The standard InChI is InChI=1S/C23H27F2N7O.ClH/c1-13-9-30(10-14(2)27-13)19-4-6-26-21-17(19)5-7-32(21)23(33)29-16-8-18(20(24)25)22-28-15(3)11-31(22)12-16;/h4,6,8,11-14,20,27H,5,7,9-10H2,1-3H3,(H,29,33);1H/t13-,14+;. The third-order valence-corrected chi connectivity index (χ3v) is 6.18. The van der Waals surface area contributed by atoms with Crippen molar-refractivity contribution in [2.45, 2.75) is 45.7 Å². The van der Waals surface area contributed by atoms with Gasteiger partial charge in [-0.1, -0.05) is 0 Å². The number of nitrogens with zero attached hydrogens (tertiary/aromatic N) is 5. The fraction of sp³-hybridized carbons (Fsp3) is 0.435. The lowest BCUT2D eigenvalue weighted by atomic mass is 10.1. The number of fused-ring (bicyclic) bond motifs is 2. The van der Waals surface area contributed by atoms with Gasteiger partial charge in [0.15, 0.2) is 0 Å². The highest BCUT2D eigenvalue weighted by Gasteiger charge is 2.31. The minimum absolute atomic E-state index is 0. The van der Waals surface area contributed by atoms with Gasteiger partial charge in [-0.05, 0) is 39.3 Å². The summed E-state index contributed by atoms with van der Waals surface area (Å²) in [6.45, 7) is 8.31. The molecule has 34 heavy (non-hydrogen) atoms. The molecule has 0 aliphatic carbocycles. The highest BCUT2D eigenvalue weighted by Crippen LogP contribution is 2.35. The summed E-state index contributed by atoms with van der Waals surface area (Å²) in [5.41, 5.74) is 3.04. The van der Waals surface area contributed by atoms with E-state index in [1.165, 1.54) is 10.5 Å². The zero-order valence-corrected chi connectivity index (χ0v) is 20.1. The summed E-state index contributed by atoms with van der Waals surface area (Å²) in [5.74, 6) is 0.623. The van der Waals surface area contributed by atoms with Crippen molar-refractivity contribution >= 4 is 41.3 Å². The number of amides is 2. The van der Waals surface area contributed by atoms with Gasteiger partial charge in [0.25, 0.3) is 6.43 Å². The summed E-state index contributed by atoms with van der Waals surface area (Å²) in [6, 6.07) is 3.63. The minimum atomic E-state index is -2.70. The fourth-order valence-electron chi connectivity index (χ4n) is 4.96. The van der Waals surface area contributed by atoms with Crippen molar-refractivity contribution < 1.29 is 13.6 Å². The average molecular weight is 492 g/mol. The molecule has 5 rings (SSSR count). The zero-order chi connectivity index (χ0) is 23.3. The summed E-state index contributed by atoms with van der Waals surface area (Å²) in [5, 5.41) is 6.31. The number of pyridine rings is 2. The first kappa shape index (κ1) is 24.2. The lowest BCUT2D eigenvalue weighted by molar-refractivity contribution is 0.152. The van der Waals surface area contributed by atoms with Crippen molar-refractivity contribution in [1.29, 1.82) is 0 Å². The molecule has 8 nitrogen and oxygen atoms in total. The van der Waals surface area contributed by atoms with Gasteiger partial charge in [-0.3, -0.25) is 4.90 Å². The molecule has 1 fully saturated rings. The third kappa shape index (κ3) is 4.39. The number of aromatic nitrogens is 3. The molecule has 5 heterocycles. The van der Waals surface area contributed by atoms with Crippen molar-refractivity contribution in [2.75, 3.05) is 34.8 Å². The summed E-state index contributed by atoms with van der Waals surface area (Å²) < 4.78 is 28.7. The zero-order valence-electron chi connectivity index (χ0n) is 19.3. The Morgan fingerprint density at radius 3 is 2.68 bits per heavy atom. The lowest BCUT2D eigenvalue weighted by Crippen LogP contribution is -2.54. The van der Waals surface area contributed by atoms with Crippen molar-refractivity contribution in [2.24, 2.45) is 0 Å². The normalized spacial score (nSPS) is 19.9. The van der Waals surface area contributed by atoms with Crippen molar-refractivity contribution in [3.8, 4) is 0 Å². The molecule has 3 aromatic heterocycles. The van der Waals surface area contributed by atoms with Crippen LogP contribution in [0.4, 0.5) is 30.8 Å². The van der Waals surface area contributed by atoms with Crippen molar-refractivity contribution in [3.63, 3.8) is 0 Å². The summed E-state index contributed by atoms with van der Waals surface area (Å²) in [6.07, 6.45) is 2.98. The molecule has 2 aliphatic rings. The molecule has 2 N–H and O–H groups in total. The van der Waals surface area contributed by atoms with E-state index in [2.05, 4.69) is 39.3 Å². The molecular formula is C23H28ClF2N7O. The van der Waals surface area contributed by atoms with E-state index in [9.17, 15) is 13.6 Å². The maximum Gasteiger partial charge on any atom is 0.327 e. The molecule has 0 unspecified atom stereocenters. The quantitative estimate of drug-likeness (QED) is 0.575. The van der Waals surface area contributed by atoms with Gasteiger partial charge in [0, 0.05) is 61.6 Å². The summed E-state index contributed by atoms with van der Waals surface area (Å²) in [4.78, 5) is 25.7. The maximum absolute atomic E-state index is 13.6. The van der Waals surface area contributed by atoms with Gasteiger partial charge < -0.3 is 19.9 Å². The van der Waals surface area contributed by atoms with Gasteiger partial charge in [0.2, 0.25) is 0 Å². The Hall–Kier alpha value is -2.98. The predicted octanol–water partition coefficient (Wildman–Crippen LogP) is 4.18. The summed E-state index contributed by atoms with van der Waals surface area (Å²) >= 11 is 0. The molecule has 0 spiro atoms. The van der Waals surface area contributed by atoms with Crippen LogP contribution in [0.3, 0.4) is 0 Å². The van der Waals surface area contributed by atoms with E-state index in [0.29, 0.717) is 36.6 Å². The maximum atomic E-state index is 13.6. The number of hydrogen-bond acceptors (Lipinski definition) is 5. The Balaban J connectivity index is 0.00000274. The van der Waals surface area contributed by atoms with Crippen LogP contribution in [-0.4, -0.2) is 52.1 Å². The van der Waals surface area contributed by atoms with E-state index in [1.54, 1.807) is 30.4 Å². The molecule has 0 radical (unpaired) electrons. The first-order valence-electron chi connectivity index (χ1n) is 11.1. The van der Waals surface area contributed by atoms with Crippen LogP contribution in [0.15, 0.2) is 30.7 Å². The Morgan fingerprint density at radius 1 is 1.24 bits per heavy atom. The van der Waals surface area contributed by atoms with Crippen LogP contribution in [0.2, 0.25) is 0 Å². The summed E-state index contributed by atoms with van der Waals surface area (Å²) in [7, 11) is 0. The molecule has 2 atom stereocenters. The number of aryl methyl sites for hydroxylation is 1. The number of alkyl halides is 2. The smallest absolute Gasteiger partial charge is 0.327 e. The molecule has 182 valence electrons. The highest BCUT2D eigenvalue weighted by atomic mass is 35.5. The number of carbonyl (C=O) groups is 1. The SMILES string of the molecule is Cc1cn2cc(NC(=O)N3CCc4c(N5C[C@@H](C)N[C@@H](C)C5)ccnc43)cc(C(F)F)c2n1.Cl. The van der Waals surface area contributed by atoms with Crippen LogP contribution in [0.25, 0.3) is 5.65 Å². The highest BCUT2D eigenvalue weighted by molar-refractivity contribution is 6.03. The van der Waals surface area contributed by atoms with Crippen LogP contribution in [0.1, 0.15) is 37.1 Å². The molecule has 0 saturated carbocycles. The number of carbonyl (C=O) groups excluding carboxylic acids is 1. The third-order valence-electron chi connectivity index (χ3n) is 6.18. The first-order valence-corrected chi connectivity index (χ1v) is 11.1. The number of rotatable bonds is 3. The largest absolute Gasteiger partial charge is 0.368 e. The van der Waals surface area contributed by atoms with Crippen molar-refractivity contribution in [1.82, 2.24) is 19.7 Å². The number of urea groups is 1. The number of imidazole rings is 1. The molecule has 3 aromatic rings. The van der Waals surface area contributed by atoms with Gasteiger partial charge in [-0.25, -0.2) is 23.5 Å². The van der Waals surface area contributed by atoms with E-state index in [1.807, 2.05) is 6.07 Å². The van der Waals surface area contributed by atoms with Gasteiger partial charge in [-0.2, -0.15) is 0 Å². The predicted molar refractivity (Wildman–Crippen MR) is 131 cm³/mol. The molecule has 2 amide bonds. The van der Waals surface area contributed by atoms with Crippen LogP contribution >= 0.6 is 12.4 Å². The Kier molecular flexibility index (Phi) is 6.64. The molecular weight excluding hydrogens is 464 g/mol. The van der Waals surface area contributed by atoms with Crippen LogP contribution < -0.4 is 20.4 Å². The van der Waals surface area contributed by atoms with E-state index in [0.717, 1.165) is 24.3 Å². The average Bonchev–Trinajstić information content (AvgIpc) is 3.34. The molecule has 11 heteroatoms. The first-order chi connectivity index (χ1) is 15.8. The van der Waals surface area contributed by atoms with E-state index >= 15 is 0 Å². The lowest BCUT2D eigenvalue weighted by Gasteiger charge is -2.38. The Morgan fingerprint density at radius 2 is 1.97 bits per heavy atom. The van der Waals surface area contributed by atoms with Gasteiger partial charge in [0.1, 0.15) is 11.5 Å². The molecule has 0 aromatic carbocycles. The second-order valence-electron chi connectivity index (χ2n) is 8.94. The second-order valence-corrected chi connectivity index (χ2v) is 8.94. The number of nitrogens with one attached hydrogen (secondary N) is 2. The van der Waals surface area contributed by atoms with E-state index in [4.69, 9.17) is 0 Å². The fourth-order valence-corrected chi connectivity index (χ4v) is 4.96. The van der Waals surface area contributed by atoms with E-state index < -0.39 is 12.5 Å². The van der Waals surface area contributed by atoms with Gasteiger partial charge >= 0.3 is 6.03 Å². The van der Waals surface area contributed by atoms with Crippen LogP contribution in [0, 0.1) is 6.92 Å². The monoisotopic (exact) mass is 491 g/mol. The van der Waals surface area contributed by atoms with E-state index in [-0.39, 0.29) is 29.3 Å². The minimum Gasteiger partial charge on any atom is -0.368 e. The Bertz CT molecular complexity index is 1210. The number of anilines is 3. The number of halogens is 3.